The lowest BCUT2D eigenvalue weighted by molar-refractivity contribution is 0.271. The molecule has 8 nitrogen and oxygen atoms in total. The number of sulfonamides is 2. The summed E-state index contributed by atoms with van der Waals surface area (Å²) in [6.45, 7) is 8.14. The van der Waals surface area contributed by atoms with Crippen LogP contribution in [-0.2, 0) is 20.0 Å². The van der Waals surface area contributed by atoms with Crippen LogP contribution in [0.25, 0.3) is 0 Å². The smallest absolute Gasteiger partial charge is 0.246 e. The molecule has 1 heterocycles. The van der Waals surface area contributed by atoms with Crippen molar-refractivity contribution in [3.8, 4) is 11.5 Å². The minimum absolute atomic E-state index is 0.0445. The number of nitrogens with zero attached hydrogens (tertiary/aromatic N) is 2. The summed E-state index contributed by atoms with van der Waals surface area (Å²) in [6.07, 6.45) is 0. The molecule has 0 spiro atoms. The second kappa shape index (κ2) is 10.2. The van der Waals surface area contributed by atoms with Gasteiger partial charge < -0.3 is 9.47 Å². The van der Waals surface area contributed by atoms with E-state index < -0.39 is 20.0 Å². The molecule has 0 aromatic heterocycles. The predicted molar refractivity (Wildman–Crippen MR) is 132 cm³/mol. The Bertz CT molecular complexity index is 1130. The molecule has 0 atom stereocenters. The molecule has 1 fully saturated rings. The maximum atomic E-state index is 13.4. The summed E-state index contributed by atoms with van der Waals surface area (Å²) in [5.74, 6) is 0.848. The Kier molecular flexibility index (Phi) is 7.96. The van der Waals surface area contributed by atoms with E-state index in [4.69, 9.17) is 9.47 Å². The zero-order valence-corrected chi connectivity index (χ0v) is 22.2. The molecule has 0 aliphatic carbocycles. The Morgan fingerprint density at radius 3 is 1.24 bits per heavy atom. The molecule has 1 aliphatic heterocycles. The van der Waals surface area contributed by atoms with Crippen LogP contribution in [0.2, 0.25) is 0 Å². The molecule has 34 heavy (non-hydrogen) atoms. The average Bonchev–Trinajstić information content (AvgIpc) is 2.83. The third kappa shape index (κ3) is 5.10. The van der Waals surface area contributed by atoms with Crippen molar-refractivity contribution < 1.29 is 26.3 Å². The summed E-state index contributed by atoms with van der Waals surface area (Å²) < 4.78 is 67.1. The van der Waals surface area contributed by atoms with Gasteiger partial charge in [0.25, 0.3) is 0 Å². The van der Waals surface area contributed by atoms with Crippen LogP contribution in [0.5, 0.6) is 11.5 Å². The number of benzene rings is 2. The molecule has 0 unspecified atom stereocenters. The predicted octanol–water partition coefficient (Wildman–Crippen LogP) is 3.65. The first-order chi connectivity index (χ1) is 15.9. The van der Waals surface area contributed by atoms with Crippen LogP contribution < -0.4 is 9.47 Å². The Morgan fingerprint density at radius 1 is 0.647 bits per heavy atom. The van der Waals surface area contributed by atoms with Crippen molar-refractivity contribution in [3.63, 3.8) is 0 Å². The van der Waals surface area contributed by atoms with E-state index in [2.05, 4.69) is 0 Å². The molecule has 0 N–H and O–H groups in total. The fourth-order valence-corrected chi connectivity index (χ4v) is 7.16. The molecular weight excluding hydrogens is 476 g/mol. The first kappa shape index (κ1) is 26.5. The van der Waals surface area contributed by atoms with Gasteiger partial charge in [-0.25, -0.2) is 16.8 Å². The fraction of sp³-hybridized carbons (Fsp3) is 0.500. The van der Waals surface area contributed by atoms with Gasteiger partial charge in [-0.05, 0) is 47.2 Å². The Hall–Kier alpha value is -2.14. The molecule has 2 aromatic rings. The highest BCUT2D eigenvalue weighted by Gasteiger charge is 2.36. The first-order valence-corrected chi connectivity index (χ1v) is 14.2. The highest BCUT2D eigenvalue weighted by molar-refractivity contribution is 7.89. The van der Waals surface area contributed by atoms with Gasteiger partial charge >= 0.3 is 0 Å². The van der Waals surface area contributed by atoms with Gasteiger partial charge in [-0.3, -0.25) is 0 Å². The zero-order chi connectivity index (χ0) is 25.3. The Morgan fingerprint density at radius 2 is 0.971 bits per heavy atom. The molecule has 0 amide bonds. The van der Waals surface area contributed by atoms with Gasteiger partial charge in [0.05, 0.1) is 14.2 Å². The lowest BCUT2D eigenvalue weighted by atomic mass is 10.0. The molecule has 3 rings (SSSR count). The van der Waals surface area contributed by atoms with Crippen LogP contribution in [0.3, 0.4) is 0 Å². The van der Waals surface area contributed by atoms with E-state index in [-0.39, 0.29) is 59.3 Å². The van der Waals surface area contributed by atoms with Crippen molar-refractivity contribution in [1.82, 2.24) is 8.61 Å². The SMILES string of the molecule is COc1ccc(C(C)C)cc1S(=O)(=O)N1CCN(S(=O)(=O)c2cc(C(C)C)ccc2OC)CC1. The second-order valence-electron chi connectivity index (χ2n) is 8.94. The van der Waals surface area contributed by atoms with Crippen LogP contribution in [0.1, 0.15) is 50.7 Å². The van der Waals surface area contributed by atoms with Crippen LogP contribution >= 0.6 is 0 Å². The van der Waals surface area contributed by atoms with Crippen molar-refractivity contribution in [3.05, 3.63) is 47.5 Å². The summed E-state index contributed by atoms with van der Waals surface area (Å²) in [4.78, 5) is 0.202. The van der Waals surface area contributed by atoms with E-state index in [1.54, 1.807) is 24.3 Å². The number of piperazine rings is 1. The van der Waals surface area contributed by atoms with Crippen molar-refractivity contribution in [2.75, 3.05) is 40.4 Å². The molecule has 10 heteroatoms. The molecule has 188 valence electrons. The fourth-order valence-electron chi connectivity index (χ4n) is 3.94. The number of hydrogen-bond donors (Lipinski definition) is 0. The highest BCUT2D eigenvalue weighted by atomic mass is 32.2. The normalized spacial score (nSPS) is 16.2. The van der Waals surface area contributed by atoms with Gasteiger partial charge in [-0.1, -0.05) is 39.8 Å². The number of ether oxygens (including phenoxy) is 2. The molecule has 0 bridgehead atoms. The third-order valence-electron chi connectivity index (χ3n) is 6.14. The van der Waals surface area contributed by atoms with Gasteiger partial charge in [0, 0.05) is 26.2 Å². The minimum atomic E-state index is -3.86. The number of rotatable bonds is 8. The zero-order valence-electron chi connectivity index (χ0n) is 20.6. The number of hydrogen-bond acceptors (Lipinski definition) is 6. The molecular formula is C24H34N2O6S2. The quantitative estimate of drug-likeness (QED) is 0.538. The van der Waals surface area contributed by atoms with E-state index in [0.29, 0.717) is 0 Å². The summed E-state index contributed by atoms with van der Waals surface area (Å²) in [5.41, 5.74) is 1.77. The first-order valence-electron chi connectivity index (χ1n) is 11.3. The van der Waals surface area contributed by atoms with Crippen LogP contribution in [0, 0.1) is 0 Å². The van der Waals surface area contributed by atoms with Crippen LogP contribution in [-0.4, -0.2) is 65.8 Å². The van der Waals surface area contributed by atoms with Gasteiger partial charge in [-0.15, -0.1) is 0 Å². The van der Waals surface area contributed by atoms with E-state index >= 15 is 0 Å². The van der Waals surface area contributed by atoms with E-state index in [0.717, 1.165) is 11.1 Å². The summed E-state index contributed by atoms with van der Waals surface area (Å²) in [7, 11) is -4.85. The largest absolute Gasteiger partial charge is 0.495 e. The summed E-state index contributed by atoms with van der Waals surface area (Å²) in [5, 5.41) is 0. The van der Waals surface area contributed by atoms with E-state index in [1.807, 2.05) is 39.8 Å². The summed E-state index contributed by atoms with van der Waals surface area (Å²) >= 11 is 0. The lowest BCUT2D eigenvalue weighted by Gasteiger charge is -2.34. The second-order valence-corrected chi connectivity index (χ2v) is 12.8. The summed E-state index contributed by atoms with van der Waals surface area (Å²) in [6, 6.07) is 10.3. The average molecular weight is 511 g/mol. The molecule has 0 radical (unpaired) electrons. The highest BCUT2D eigenvalue weighted by Crippen LogP contribution is 2.33. The lowest BCUT2D eigenvalue weighted by Crippen LogP contribution is -2.50. The van der Waals surface area contributed by atoms with Crippen molar-refractivity contribution in [2.24, 2.45) is 0 Å². The van der Waals surface area contributed by atoms with Crippen LogP contribution in [0.15, 0.2) is 46.2 Å². The van der Waals surface area contributed by atoms with Crippen molar-refractivity contribution in [1.29, 1.82) is 0 Å². The monoisotopic (exact) mass is 510 g/mol. The van der Waals surface area contributed by atoms with Gasteiger partial charge in [0.15, 0.2) is 0 Å². The maximum Gasteiger partial charge on any atom is 0.246 e. The van der Waals surface area contributed by atoms with Crippen molar-refractivity contribution in [2.45, 2.75) is 49.3 Å². The topological polar surface area (TPSA) is 93.2 Å². The van der Waals surface area contributed by atoms with Crippen molar-refractivity contribution >= 4 is 20.0 Å². The molecule has 2 aromatic carbocycles. The minimum Gasteiger partial charge on any atom is -0.495 e. The maximum absolute atomic E-state index is 13.4. The molecule has 1 aliphatic rings. The standard InChI is InChI=1S/C24H34N2O6S2/c1-17(2)19-7-9-21(31-5)23(15-19)33(27,28)25-11-13-26(14-12-25)34(29,30)24-16-20(18(3)4)8-10-22(24)32-6/h7-10,15-18H,11-14H2,1-6H3. The third-order valence-corrected chi connectivity index (χ3v) is 9.98. The Labute approximate surface area is 203 Å². The Balaban J connectivity index is 1.87. The van der Waals surface area contributed by atoms with E-state index in [9.17, 15) is 16.8 Å². The van der Waals surface area contributed by atoms with E-state index in [1.165, 1.54) is 22.8 Å². The molecule has 0 saturated carbocycles. The van der Waals surface area contributed by atoms with Gasteiger partial charge in [0.1, 0.15) is 21.3 Å². The molecule has 1 saturated heterocycles. The number of methoxy groups -OCH3 is 2. The van der Waals surface area contributed by atoms with Gasteiger partial charge in [-0.2, -0.15) is 8.61 Å². The van der Waals surface area contributed by atoms with Crippen LogP contribution in [0.4, 0.5) is 0 Å². The van der Waals surface area contributed by atoms with Gasteiger partial charge in [0.2, 0.25) is 20.0 Å².